The van der Waals surface area contributed by atoms with E-state index in [0.29, 0.717) is 16.8 Å². The van der Waals surface area contributed by atoms with Crippen LogP contribution in [0.1, 0.15) is 66.5 Å². The minimum Gasteiger partial charge on any atom is -0.480 e. The van der Waals surface area contributed by atoms with Crippen LogP contribution in [0, 0.1) is 5.92 Å². The first-order chi connectivity index (χ1) is 17.0. The molecule has 186 valence electrons. The summed E-state index contributed by atoms with van der Waals surface area (Å²) in [5.41, 5.74) is 5.72. The maximum Gasteiger partial charge on any atom is 0.326 e. The molecule has 6 heteroatoms. The van der Waals surface area contributed by atoms with Crippen LogP contribution >= 0.6 is 0 Å². The average Bonchev–Trinajstić information content (AvgIpc) is 3.13. The molecular weight excluding hydrogens is 452 g/mol. The number of carbonyl (C=O) groups excluding carboxylic acids is 2. The fraction of sp³-hybridized carbons (Fsp3) is 0.300. The summed E-state index contributed by atoms with van der Waals surface area (Å²) in [7, 11) is 0. The van der Waals surface area contributed by atoms with Gasteiger partial charge in [-0.15, -0.1) is 0 Å². The average molecular weight is 485 g/mol. The van der Waals surface area contributed by atoms with Crippen molar-refractivity contribution in [1.29, 1.82) is 0 Å². The summed E-state index contributed by atoms with van der Waals surface area (Å²) in [4.78, 5) is 38.7. The van der Waals surface area contributed by atoms with Gasteiger partial charge in [0, 0.05) is 23.4 Å². The second kappa shape index (κ2) is 9.61. The Bertz CT molecular complexity index is 1300. The Hall–Kier alpha value is -3.93. The molecule has 3 aromatic rings. The molecule has 1 heterocycles. The van der Waals surface area contributed by atoms with Crippen molar-refractivity contribution in [3.63, 3.8) is 0 Å². The first-order valence-corrected chi connectivity index (χ1v) is 12.1. The maximum atomic E-state index is 12.8. The van der Waals surface area contributed by atoms with Gasteiger partial charge in [0.25, 0.3) is 11.8 Å². The van der Waals surface area contributed by atoms with Gasteiger partial charge in [0.15, 0.2) is 0 Å². The molecule has 1 unspecified atom stereocenters. The molecule has 0 aliphatic carbocycles. The monoisotopic (exact) mass is 484 g/mol. The van der Waals surface area contributed by atoms with Crippen molar-refractivity contribution in [3.05, 3.63) is 89.0 Å². The molecule has 0 fully saturated rings. The van der Waals surface area contributed by atoms with Crippen molar-refractivity contribution < 1.29 is 19.5 Å². The molecule has 2 amide bonds. The highest BCUT2D eigenvalue weighted by Crippen LogP contribution is 2.32. The summed E-state index contributed by atoms with van der Waals surface area (Å²) >= 11 is 0. The van der Waals surface area contributed by atoms with E-state index in [1.165, 1.54) is 10.5 Å². The Kier molecular flexibility index (Phi) is 6.72. The van der Waals surface area contributed by atoms with Gasteiger partial charge in [-0.2, -0.15) is 0 Å². The fourth-order valence-corrected chi connectivity index (χ4v) is 4.60. The van der Waals surface area contributed by atoms with E-state index >= 15 is 0 Å². The van der Waals surface area contributed by atoms with E-state index in [0.717, 1.165) is 16.7 Å². The Morgan fingerprint density at radius 1 is 0.917 bits per heavy atom. The van der Waals surface area contributed by atoms with Crippen LogP contribution in [-0.2, 0) is 16.8 Å². The lowest BCUT2D eigenvalue weighted by atomic mass is 9.87. The molecule has 1 atom stereocenters. The number of hydrogen-bond donors (Lipinski definition) is 2. The van der Waals surface area contributed by atoms with Crippen LogP contribution in [0.15, 0.2) is 66.7 Å². The number of benzene rings is 3. The number of nitrogens with zero attached hydrogens (tertiary/aromatic N) is 1. The van der Waals surface area contributed by atoms with Crippen molar-refractivity contribution in [3.8, 4) is 11.1 Å². The molecule has 3 aromatic carbocycles. The summed E-state index contributed by atoms with van der Waals surface area (Å²) in [6.45, 7) is 10.3. The summed E-state index contributed by atoms with van der Waals surface area (Å²) < 4.78 is 0. The molecule has 0 bridgehead atoms. The molecule has 0 aromatic heterocycles. The standard InChI is InChI=1S/C30H32N2O4/c1-18(2)26(29(35)36)32-17-22-16-21(10-15-25(22)28(32)34)19-8-13-24(14-9-19)31-27(33)20-6-11-23(12-7-20)30(3,4)5/h6-16,18,26H,17H2,1-5H3,(H,31,33)(H,35,36). The highest BCUT2D eigenvalue weighted by atomic mass is 16.4. The lowest BCUT2D eigenvalue weighted by molar-refractivity contribution is -0.144. The normalized spacial score (nSPS) is 14.1. The Morgan fingerprint density at radius 2 is 1.53 bits per heavy atom. The topological polar surface area (TPSA) is 86.7 Å². The number of carboxylic acids is 1. The smallest absolute Gasteiger partial charge is 0.326 e. The molecule has 4 rings (SSSR count). The highest BCUT2D eigenvalue weighted by molar-refractivity contribution is 6.04. The summed E-state index contributed by atoms with van der Waals surface area (Å²) in [5.74, 6) is -1.60. The number of nitrogens with one attached hydrogen (secondary N) is 1. The predicted molar refractivity (Wildman–Crippen MR) is 141 cm³/mol. The number of anilines is 1. The van der Waals surface area contributed by atoms with Crippen LogP contribution < -0.4 is 5.32 Å². The van der Waals surface area contributed by atoms with Crippen LogP contribution in [0.5, 0.6) is 0 Å². The third-order valence-electron chi connectivity index (χ3n) is 6.65. The quantitative estimate of drug-likeness (QED) is 0.451. The van der Waals surface area contributed by atoms with Gasteiger partial charge in [0.1, 0.15) is 6.04 Å². The third kappa shape index (κ3) is 5.03. The number of hydrogen-bond acceptors (Lipinski definition) is 3. The molecule has 6 nitrogen and oxygen atoms in total. The number of aliphatic carboxylic acids is 1. The molecule has 0 radical (unpaired) electrons. The molecule has 1 aliphatic rings. The largest absolute Gasteiger partial charge is 0.480 e. The molecule has 0 saturated carbocycles. The van der Waals surface area contributed by atoms with Gasteiger partial charge in [-0.3, -0.25) is 9.59 Å². The van der Waals surface area contributed by atoms with E-state index in [2.05, 4.69) is 26.1 Å². The van der Waals surface area contributed by atoms with Gasteiger partial charge in [-0.25, -0.2) is 4.79 Å². The zero-order chi connectivity index (χ0) is 26.2. The van der Waals surface area contributed by atoms with E-state index in [-0.39, 0.29) is 29.7 Å². The first kappa shape index (κ1) is 25.2. The molecular formula is C30H32N2O4. The Labute approximate surface area is 212 Å². The predicted octanol–water partition coefficient (Wildman–Crippen LogP) is 5.97. The second-order valence-corrected chi connectivity index (χ2v) is 10.7. The third-order valence-corrected chi connectivity index (χ3v) is 6.65. The number of amides is 2. The van der Waals surface area contributed by atoms with Gasteiger partial charge in [-0.05, 0) is 70.0 Å². The molecule has 2 N–H and O–H groups in total. The number of fused-ring (bicyclic) bond motifs is 1. The zero-order valence-electron chi connectivity index (χ0n) is 21.3. The van der Waals surface area contributed by atoms with E-state index < -0.39 is 12.0 Å². The first-order valence-electron chi connectivity index (χ1n) is 12.1. The Balaban J connectivity index is 1.48. The lowest BCUT2D eigenvalue weighted by Crippen LogP contribution is -2.44. The number of carbonyl (C=O) groups is 3. The van der Waals surface area contributed by atoms with E-state index in [9.17, 15) is 19.5 Å². The zero-order valence-corrected chi connectivity index (χ0v) is 21.3. The van der Waals surface area contributed by atoms with Crippen molar-refractivity contribution in [2.45, 2.75) is 52.6 Å². The van der Waals surface area contributed by atoms with Gasteiger partial charge in [0.2, 0.25) is 0 Å². The van der Waals surface area contributed by atoms with Gasteiger partial charge >= 0.3 is 5.97 Å². The van der Waals surface area contributed by atoms with Crippen molar-refractivity contribution in [2.24, 2.45) is 5.92 Å². The summed E-state index contributed by atoms with van der Waals surface area (Å²) in [5, 5.41) is 12.6. The van der Waals surface area contributed by atoms with E-state index in [1.54, 1.807) is 6.07 Å². The van der Waals surface area contributed by atoms with Crippen LogP contribution in [0.4, 0.5) is 5.69 Å². The van der Waals surface area contributed by atoms with Crippen molar-refractivity contribution in [1.82, 2.24) is 4.90 Å². The van der Waals surface area contributed by atoms with Crippen LogP contribution in [0.3, 0.4) is 0 Å². The van der Waals surface area contributed by atoms with Crippen LogP contribution in [-0.4, -0.2) is 33.8 Å². The Morgan fingerprint density at radius 3 is 2.08 bits per heavy atom. The number of rotatable bonds is 6. The van der Waals surface area contributed by atoms with E-state index in [4.69, 9.17) is 0 Å². The van der Waals surface area contributed by atoms with Gasteiger partial charge < -0.3 is 15.3 Å². The summed E-state index contributed by atoms with van der Waals surface area (Å²) in [6.07, 6.45) is 0. The van der Waals surface area contributed by atoms with Crippen molar-refractivity contribution in [2.75, 3.05) is 5.32 Å². The minimum absolute atomic E-state index is 0.0281. The second-order valence-electron chi connectivity index (χ2n) is 10.7. The van der Waals surface area contributed by atoms with Crippen LogP contribution in [0.2, 0.25) is 0 Å². The minimum atomic E-state index is -0.992. The summed E-state index contributed by atoms with van der Waals surface area (Å²) in [6, 6.07) is 19.9. The molecule has 1 aliphatic heterocycles. The van der Waals surface area contributed by atoms with Gasteiger partial charge in [0.05, 0.1) is 0 Å². The van der Waals surface area contributed by atoms with Crippen molar-refractivity contribution >= 4 is 23.5 Å². The number of carboxylic acid groups (broad SMARTS) is 1. The van der Waals surface area contributed by atoms with E-state index in [1.807, 2.05) is 74.5 Å². The highest BCUT2D eigenvalue weighted by Gasteiger charge is 2.38. The molecule has 0 saturated heterocycles. The van der Waals surface area contributed by atoms with Crippen LogP contribution in [0.25, 0.3) is 11.1 Å². The van der Waals surface area contributed by atoms with Gasteiger partial charge in [-0.1, -0.05) is 65.0 Å². The SMILES string of the molecule is CC(C)C(C(=O)O)N1Cc2cc(-c3ccc(NC(=O)c4ccc(C(C)(C)C)cc4)cc3)ccc2C1=O. The lowest BCUT2D eigenvalue weighted by Gasteiger charge is -2.27. The fourth-order valence-electron chi connectivity index (χ4n) is 4.60. The maximum absolute atomic E-state index is 12.8. The molecule has 0 spiro atoms. The molecule has 36 heavy (non-hydrogen) atoms.